The second-order valence-electron chi connectivity index (χ2n) is 8.41. The summed E-state index contributed by atoms with van der Waals surface area (Å²) in [5, 5.41) is 8.37. The zero-order valence-electron chi connectivity index (χ0n) is 14.4. The SMILES string of the molecule is CCCc1nnc2c(=O)n(CC3[C@H]4C[C@H]5C[C@H](C4)C[C@H]3C5)ccn12. The third-order valence-electron chi connectivity index (χ3n) is 6.92. The highest BCUT2D eigenvalue weighted by Gasteiger charge is 2.48. The highest BCUT2D eigenvalue weighted by Crippen LogP contribution is 2.56. The van der Waals surface area contributed by atoms with Gasteiger partial charge in [0, 0.05) is 25.4 Å². The van der Waals surface area contributed by atoms with Crippen LogP contribution in [0.2, 0.25) is 0 Å². The van der Waals surface area contributed by atoms with Crippen molar-refractivity contribution >= 4 is 5.65 Å². The first kappa shape index (κ1) is 14.7. The number of nitrogens with zero attached hydrogens (tertiary/aromatic N) is 4. The predicted octanol–water partition coefficient (Wildman–Crippen LogP) is 2.92. The fourth-order valence-electron chi connectivity index (χ4n) is 6.07. The van der Waals surface area contributed by atoms with Crippen molar-refractivity contribution in [2.75, 3.05) is 0 Å². The molecule has 5 heteroatoms. The first-order valence-electron chi connectivity index (χ1n) is 9.66. The Balaban J connectivity index is 1.45. The lowest BCUT2D eigenvalue weighted by Gasteiger charge is -2.54. The van der Waals surface area contributed by atoms with Gasteiger partial charge < -0.3 is 4.57 Å². The predicted molar refractivity (Wildman–Crippen MR) is 91.8 cm³/mol. The third kappa shape index (κ3) is 2.16. The molecule has 0 radical (unpaired) electrons. The molecule has 4 saturated carbocycles. The van der Waals surface area contributed by atoms with Gasteiger partial charge >= 0.3 is 0 Å². The van der Waals surface area contributed by atoms with Gasteiger partial charge in [0.1, 0.15) is 5.82 Å². The number of aromatic nitrogens is 4. The van der Waals surface area contributed by atoms with Crippen LogP contribution in [-0.2, 0) is 13.0 Å². The molecule has 4 aliphatic rings. The molecular weight excluding hydrogens is 300 g/mol. The summed E-state index contributed by atoms with van der Waals surface area (Å²) < 4.78 is 3.78. The number of fused-ring (bicyclic) bond motifs is 1. The minimum atomic E-state index is 0.0289. The number of hydrogen-bond acceptors (Lipinski definition) is 3. The van der Waals surface area contributed by atoms with Crippen LogP contribution in [0, 0.1) is 29.6 Å². The minimum absolute atomic E-state index is 0.0289. The fraction of sp³-hybridized carbons (Fsp3) is 0.737. The Hall–Kier alpha value is -1.65. The van der Waals surface area contributed by atoms with Gasteiger partial charge in [0.05, 0.1) is 0 Å². The Morgan fingerprint density at radius 1 is 1.04 bits per heavy atom. The number of hydrogen-bond donors (Lipinski definition) is 0. The molecular formula is C19H26N4O. The van der Waals surface area contributed by atoms with E-state index in [4.69, 9.17) is 0 Å². The van der Waals surface area contributed by atoms with Gasteiger partial charge in [-0.2, -0.15) is 0 Å². The summed E-state index contributed by atoms with van der Waals surface area (Å²) in [5.41, 5.74) is 0.519. The molecule has 4 fully saturated rings. The van der Waals surface area contributed by atoms with E-state index in [1.165, 1.54) is 32.1 Å². The molecule has 128 valence electrons. The second-order valence-corrected chi connectivity index (χ2v) is 8.41. The zero-order chi connectivity index (χ0) is 16.3. The Labute approximate surface area is 142 Å². The van der Waals surface area contributed by atoms with Crippen LogP contribution in [0.4, 0.5) is 0 Å². The van der Waals surface area contributed by atoms with E-state index in [1.54, 1.807) is 0 Å². The standard InChI is InChI=1S/C19H26N4O/c1-2-3-17-20-21-18-19(24)22(4-5-23(17)18)11-16-14-7-12-6-13(9-14)10-15(16)8-12/h4-5,12-16H,2-3,6-11H2,1H3/t12-,13-,14-,15+,16?. The molecule has 0 aromatic carbocycles. The molecule has 5 nitrogen and oxygen atoms in total. The smallest absolute Gasteiger partial charge is 0.296 e. The van der Waals surface area contributed by atoms with Gasteiger partial charge in [-0.25, -0.2) is 0 Å². The van der Waals surface area contributed by atoms with Crippen molar-refractivity contribution in [3.63, 3.8) is 0 Å². The normalized spacial score (nSPS) is 34.3. The summed E-state index contributed by atoms with van der Waals surface area (Å²) in [6, 6.07) is 0. The van der Waals surface area contributed by atoms with Crippen molar-refractivity contribution in [2.45, 2.75) is 58.4 Å². The highest BCUT2D eigenvalue weighted by molar-refractivity contribution is 5.34. The Morgan fingerprint density at radius 2 is 1.75 bits per heavy atom. The first-order valence-corrected chi connectivity index (χ1v) is 9.66. The van der Waals surface area contributed by atoms with Gasteiger partial charge in [0.15, 0.2) is 0 Å². The van der Waals surface area contributed by atoms with E-state index in [0.717, 1.165) is 48.9 Å². The maximum absolute atomic E-state index is 12.9. The molecule has 2 aromatic rings. The monoisotopic (exact) mass is 326 g/mol. The van der Waals surface area contributed by atoms with Crippen LogP contribution in [0.25, 0.3) is 5.65 Å². The number of rotatable bonds is 4. The van der Waals surface area contributed by atoms with Crippen LogP contribution >= 0.6 is 0 Å². The molecule has 0 unspecified atom stereocenters. The zero-order valence-corrected chi connectivity index (χ0v) is 14.4. The summed E-state index contributed by atoms with van der Waals surface area (Å²) in [4.78, 5) is 12.9. The number of aryl methyl sites for hydroxylation is 1. The molecule has 4 bridgehead atoms. The van der Waals surface area contributed by atoms with Crippen molar-refractivity contribution in [1.82, 2.24) is 19.2 Å². The van der Waals surface area contributed by atoms with Crippen LogP contribution in [0.15, 0.2) is 17.2 Å². The highest BCUT2D eigenvalue weighted by atomic mass is 16.1. The summed E-state index contributed by atoms with van der Waals surface area (Å²) in [6.45, 7) is 2.99. The van der Waals surface area contributed by atoms with Gasteiger partial charge in [-0.3, -0.25) is 9.20 Å². The van der Waals surface area contributed by atoms with Crippen LogP contribution in [0.5, 0.6) is 0 Å². The molecule has 4 aliphatic carbocycles. The topological polar surface area (TPSA) is 52.2 Å². The van der Waals surface area contributed by atoms with Crippen molar-refractivity contribution in [1.29, 1.82) is 0 Å². The summed E-state index contributed by atoms with van der Waals surface area (Å²) in [5.74, 6) is 5.24. The largest absolute Gasteiger partial charge is 0.311 e. The van der Waals surface area contributed by atoms with Crippen LogP contribution < -0.4 is 5.56 Å². The lowest BCUT2D eigenvalue weighted by molar-refractivity contribution is -0.0433. The summed E-state index contributed by atoms with van der Waals surface area (Å²) in [7, 11) is 0. The van der Waals surface area contributed by atoms with E-state index in [-0.39, 0.29) is 5.56 Å². The Kier molecular flexibility index (Phi) is 3.32. The van der Waals surface area contributed by atoms with Gasteiger partial charge in [0.2, 0.25) is 5.65 Å². The molecule has 6 rings (SSSR count). The second kappa shape index (κ2) is 5.43. The van der Waals surface area contributed by atoms with Crippen LogP contribution in [0.1, 0.15) is 51.3 Å². The fourth-order valence-corrected chi connectivity index (χ4v) is 6.07. The Bertz CT molecular complexity index is 792. The maximum Gasteiger partial charge on any atom is 0.296 e. The average molecular weight is 326 g/mol. The van der Waals surface area contributed by atoms with E-state index in [0.29, 0.717) is 11.6 Å². The van der Waals surface area contributed by atoms with Crippen LogP contribution in [-0.4, -0.2) is 19.2 Å². The lowest BCUT2D eigenvalue weighted by Crippen LogP contribution is -2.47. The molecule has 0 atom stereocenters. The van der Waals surface area contributed by atoms with E-state index < -0.39 is 0 Å². The summed E-state index contributed by atoms with van der Waals surface area (Å²) in [6.07, 6.45) is 12.9. The minimum Gasteiger partial charge on any atom is -0.311 e. The molecule has 0 spiro atoms. The third-order valence-corrected chi connectivity index (χ3v) is 6.92. The van der Waals surface area contributed by atoms with Crippen molar-refractivity contribution in [2.24, 2.45) is 29.6 Å². The van der Waals surface area contributed by atoms with E-state index in [1.807, 2.05) is 21.4 Å². The van der Waals surface area contributed by atoms with Gasteiger partial charge in [-0.15, -0.1) is 10.2 Å². The molecule has 2 heterocycles. The van der Waals surface area contributed by atoms with Crippen molar-refractivity contribution in [3.8, 4) is 0 Å². The molecule has 0 saturated heterocycles. The van der Waals surface area contributed by atoms with Crippen molar-refractivity contribution in [3.05, 3.63) is 28.6 Å². The summed E-state index contributed by atoms with van der Waals surface area (Å²) >= 11 is 0. The van der Waals surface area contributed by atoms with E-state index in [9.17, 15) is 4.79 Å². The van der Waals surface area contributed by atoms with E-state index in [2.05, 4.69) is 17.1 Å². The average Bonchev–Trinajstić information content (AvgIpc) is 2.96. The lowest BCUT2D eigenvalue weighted by atomic mass is 9.52. The van der Waals surface area contributed by atoms with Gasteiger partial charge in [-0.1, -0.05) is 6.92 Å². The molecule has 24 heavy (non-hydrogen) atoms. The van der Waals surface area contributed by atoms with Gasteiger partial charge in [0.25, 0.3) is 5.56 Å². The maximum atomic E-state index is 12.9. The van der Waals surface area contributed by atoms with Crippen LogP contribution in [0.3, 0.4) is 0 Å². The quantitative estimate of drug-likeness (QED) is 0.868. The first-order chi connectivity index (χ1) is 11.7. The molecule has 0 amide bonds. The molecule has 0 aliphatic heterocycles. The van der Waals surface area contributed by atoms with Gasteiger partial charge in [-0.05, 0) is 68.1 Å². The molecule has 2 aromatic heterocycles. The van der Waals surface area contributed by atoms with E-state index >= 15 is 0 Å². The van der Waals surface area contributed by atoms with Crippen molar-refractivity contribution < 1.29 is 0 Å². The molecule has 0 N–H and O–H groups in total. The Morgan fingerprint density at radius 3 is 2.42 bits per heavy atom.